The minimum atomic E-state index is -0.925. The first kappa shape index (κ1) is 23.9. The van der Waals surface area contributed by atoms with Crippen molar-refractivity contribution in [2.24, 2.45) is 17.1 Å². The van der Waals surface area contributed by atoms with E-state index in [4.69, 9.17) is 15.2 Å². The van der Waals surface area contributed by atoms with Crippen LogP contribution in [0.4, 0.5) is 4.79 Å². The third-order valence-electron chi connectivity index (χ3n) is 5.50. The summed E-state index contributed by atoms with van der Waals surface area (Å²) in [5.41, 5.74) is 5.00. The summed E-state index contributed by atoms with van der Waals surface area (Å²) in [6, 6.07) is 6.27. The number of nitrogens with zero attached hydrogens (tertiary/aromatic N) is 1. The molecular formula is C23H34N2O5. The Morgan fingerprint density at radius 3 is 2.70 bits per heavy atom. The fourth-order valence-electron chi connectivity index (χ4n) is 3.64. The van der Waals surface area contributed by atoms with Gasteiger partial charge in [0.2, 0.25) is 0 Å². The number of amides is 1. The number of allylic oxidation sites excluding steroid dienone is 1. The first-order valence-electron chi connectivity index (χ1n) is 10.3. The van der Waals surface area contributed by atoms with Gasteiger partial charge in [-0.2, -0.15) is 0 Å². The van der Waals surface area contributed by atoms with E-state index >= 15 is 0 Å². The van der Waals surface area contributed by atoms with E-state index in [1.54, 1.807) is 35.2 Å². The number of ether oxygens (including phenoxy) is 2. The maximum atomic E-state index is 13.4. The van der Waals surface area contributed by atoms with E-state index in [1.165, 1.54) is 0 Å². The topological polar surface area (TPSA) is 102 Å². The van der Waals surface area contributed by atoms with Crippen LogP contribution in [0.15, 0.2) is 36.9 Å². The Labute approximate surface area is 178 Å². The summed E-state index contributed by atoms with van der Waals surface area (Å²) in [4.78, 5) is 27.6. The molecule has 1 amide bonds. The van der Waals surface area contributed by atoms with Gasteiger partial charge in [-0.25, -0.2) is 4.79 Å². The average molecular weight is 419 g/mol. The molecule has 1 heterocycles. The van der Waals surface area contributed by atoms with Crippen LogP contribution in [0.5, 0.6) is 5.75 Å². The minimum Gasteiger partial charge on any atom is -0.444 e. The van der Waals surface area contributed by atoms with Crippen molar-refractivity contribution in [1.82, 2.24) is 4.90 Å². The number of likely N-dealkylation sites (tertiary alicyclic amines) is 1. The van der Waals surface area contributed by atoms with Crippen LogP contribution in [0.1, 0.15) is 52.1 Å². The molecule has 0 aliphatic carbocycles. The van der Waals surface area contributed by atoms with E-state index in [1.807, 2.05) is 27.7 Å². The lowest BCUT2D eigenvalue weighted by Gasteiger charge is -2.43. The smallest absolute Gasteiger partial charge is 0.410 e. The molecule has 3 N–H and O–H groups in total. The molecule has 1 aliphatic heterocycles. The van der Waals surface area contributed by atoms with Crippen LogP contribution in [-0.4, -0.2) is 47.4 Å². The first-order chi connectivity index (χ1) is 14.0. The predicted molar refractivity (Wildman–Crippen MR) is 115 cm³/mol. The van der Waals surface area contributed by atoms with Gasteiger partial charge in [-0.15, -0.1) is 6.58 Å². The zero-order valence-corrected chi connectivity index (χ0v) is 18.4. The highest BCUT2D eigenvalue weighted by atomic mass is 16.6. The lowest BCUT2D eigenvalue weighted by molar-refractivity contribution is -0.152. The highest BCUT2D eigenvalue weighted by Crippen LogP contribution is 2.40. The monoisotopic (exact) mass is 418 g/mol. The second-order valence-electron chi connectivity index (χ2n) is 8.94. The van der Waals surface area contributed by atoms with Gasteiger partial charge in [-0.05, 0) is 57.2 Å². The highest BCUT2D eigenvalue weighted by molar-refractivity contribution is 5.81. The molecule has 0 aromatic heterocycles. The van der Waals surface area contributed by atoms with Crippen LogP contribution in [0.25, 0.3) is 0 Å². The SMILES string of the molecule is C=CC(C)C1(C(=O)Oc2cccc([C@@H](N)CO)c2)CCCN(C(=O)OC(C)(C)C)C1. The van der Waals surface area contributed by atoms with Crippen molar-refractivity contribution in [3.05, 3.63) is 42.5 Å². The summed E-state index contributed by atoms with van der Waals surface area (Å²) in [5.74, 6) is -0.276. The number of hydrogen-bond donors (Lipinski definition) is 2. The fraction of sp³-hybridized carbons (Fsp3) is 0.565. The molecule has 1 aromatic carbocycles. The molecule has 0 radical (unpaired) electrons. The van der Waals surface area contributed by atoms with Crippen molar-refractivity contribution in [2.75, 3.05) is 19.7 Å². The van der Waals surface area contributed by atoms with Crippen molar-refractivity contribution in [3.8, 4) is 5.75 Å². The molecule has 30 heavy (non-hydrogen) atoms. The van der Waals surface area contributed by atoms with Crippen molar-refractivity contribution in [2.45, 2.75) is 52.2 Å². The number of nitrogens with two attached hydrogens (primary N) is 1. The molecule has 1 aromatic rings. The van der Waals surface area contributed by atoms with Crippen LogP contribution < -0.4 is 10.5 Å². The zero-order valence-electron chi connectivity index (χ0n) is 18.4. The van der Waals surface area contributed by atoms with E-state index in [-0.39, 0.29) is 19.1 Å². The van der Waals surface area contributed by atoms with Crippen molar-refractivity contribution >= 4 is 12.1 Å². The second kappa shape index (κ2) is 9.62. The lowest BCUT2D eigenvalue weighted by Crippen LogP contribution is -2.54. The number of piperidine rings is 1. The Kier molecular flexibility index (Phi) is 7.66. The molecule has 1 fully saturated rings. The molecule has 0 bridgehead atoms. The molecule has 1 aliphatic rings. The number of benzene rings is 1. The summed E-state index contributed by atoms with van der Waals surface area (Å²) >= 11 is 0. The summed E-state index contributed by atoms with van der Waals surface area (Å²) in [6.45, 7) is 11.7. The Morgan fingerprint density at radius 2 is 2.10 bits per heavy atom. The number of carbonyl (C=O) groups is 2. The molecular weight excluding hydrogens is 384 g/mol. The number of aliphatic hydroxyl groups is 1. The maximum Gasteiger partial charge on any atom is 0.410 e. The van der Waals surface area contributed by atoms with E-state index in [2.05, 4.69) is 6.58 Å². The highest BCUT2D eigenvalue weighted by Gasteiger charge is 2.48. The quantitative estimate of drug-likeness (QED) is 0.417. The third-order valence-corrected chi connectivity index (χ3v) is 5.50. The van der Waals surface area contributed by atoms with Crippen LogP contribution in [-0.2, 0) is 9.53 Å². The standard InChI is InChI=1S/C23H34N2O5/c1-6-16(2)23(11-8-12-25(15-23)21(28)30-22(3,4)5)20(27)29-18-10-7-9-17(13-18)19(24)14-26/h6-7,9-10,13,16,19,26H,1,8,11-12,14-15,24H2,2-5H3/t16?,19-,23?/m0/s1. The maximum absolute atomic E-state index is 13.4. The minimum absolute atomic E-state index is 0.198. The Balaban J connectivity index is 2.27. The van der Waals surface area contributed by atoms with E-state index < -0.39 is 29.1 Å². The molecule has 166 valence electrons. The van der Waals surface area contributed by atoms with Crippen molar-refractivity contribution in [3.63, 3.8) is 0 Å². The van der Waals surface area contributed by atoms with Crippen molar-refractivity contribution in [1.29, 1.82) is 0 Å². The predicted octanol–water partition coefficient (Wildman–Crippen LogP) is 3.42. The van der Waals surface area contributed by atoms with Gasteiger partial charge in [0.1, 0.15) is 11.4 Å². The first-order valence-corrected chi connectivity index (χ1v) is 10.3. The third kappa shape index (κ3) is 5.61. The van der Waals surface area contributed by atoms with E-state index in [0.29, 0.717) is 30.7 Å². The molecule has 2 rings (SSSR count). The van der Waals surface area contributed by atoms with Gasteiger partial charge in [0.15, 0.2) is 0 Å². The Bertz CT molecular complexity index is 773. The van der Waals surface area contributed by atoms with Gasteiger partial charge < -0.3 is 25.2 Å². The summed E-state index contributed by atoms with van der Waals surface area (Å²) in [7, 11) is 0. The Morgan fingerprint density at radius 1 is 1.40 bits per heavy atom. The largest absolute Gasteiger partial charge is 0.444 e. The second-order valence-corrected chi connectivity index (χ2v) is 8.94. The Hall–Kier alpha value is -2.38. The molecule has 3 atom stereocenters. The fourth-order valence-corrected chi connectivity index (χ4v) is 3.64. The van der Waals surface area contributed by atoms with Gasteiger partial charge in [-0.1, -0.05) is 25.1 Å². The lowest BCUT2D eigenvalue weighted by atomic mass is 9.70. The number of aliphatic hydroxyl groups excluding tert-OH is 1. The molecule has 2 unspecified atom stereocenters. The van der Waals surface area contributed by atoms with Crippen molar-refractivity contribution < 1.29 is 24.2 Å². The van der Waals surface area contributed by atoms with E-state index in [9.17, 15) is 14.7 Å². The van der Waals surface area contributed by atoms with Gasteiger partial charge >= 0.3 is 12.1 Å². The number of esters is 1. The number of hydrogen-bond acceptors (Lipinski definition) is 6. The molecule has 7 heteroatoms. The normalized spacial score (nSPS) is 21.5. The molecule has 7 nitrogen and oxygen atoms in total. The molecule has 1 saturated heterocycles. The van der Waals surface area contributed by atoms with Crippen LogP contribution in [0.3, 0.4) is 0 Å². The van der Waals surface area contributed by atoms with E-state index in [0.717, 1.165) is 0 Å². The summed E-state index contributed by atoms with van der Waals surface area (Å²) < 4.78 is 11.2. The molecule has 0 spiro atoms. The summed E-state index contributed by atoms with van der Waals surface area (Å²) in [6.07, 6.45) is 2.51. The van der Waals surface area contributed by atoms with Gasteiger partial charge in [0.25, 0.3) is 0 Å². The summed E-state index contributed by atoms with van der Waals surface area (Å²) in [5, 5.41) is 9.28. The number of carbonyl (C=O) groups excluding carboxylic acids is 2. The molecule has 0 saturated carbocycles. The van der Waals surface area contributed by atoms with Crippen LogP contribution >= 0.6 is 0 Å². The van der Waals surface area contributed by atoms with Gasteiger partial charge in [0.05, 0.1) is 18.1 Å². The van der Waals surface area contributed by atoms with Crippen LogP contribution in [0, 0.1) is 11.3 Å². The van der Waals surface area contributed by atoms with Gasteiger partial charge in [-0.3, -0.25) is 4.79 Å². The van der Waals surface area contributed by atoms with Gasteiger partial charge in [0, 0.05) is 13.1 Å². The van der Waals surface area contributed by atoms with Crippen LogP contribution in [0.2, 0.25) is 0 Å². The zero-order chi connectivity index (χ0) is 22.5. The average Bonchev–Trinajstić information content (AvgIpc) is 2.71. The number of rotatable bonds is 6.